The summed E-state index contributed by atoms with van der Waals surface area (Å²) in [6, 6.07) is 7.50. The molecule has 3 aliphatic rings. The van der Waals surface area contributed by atoms with Gasteiger partial charge in [0.15, 0.2) is 0 Å². The zero-order chi connectivity index (χ0) is 14.4. The fraction of sp³-hybridized carbons (Fsp3) is 0.562. The molecule has 0 spiro atoms. The molecular weight excluding hydrogens is 269 g/mol. The molecule has 2 heterocycles. The summed E-state index contributed by atoms with van der Waals surface area (Å²) in [5.74, 6) is -0.0811. The molecule has 1 amide bonds. The minimum atomic E-state index is -0.240. The zero-order valence-corrected chi connectivity index (χ0v) is 12.0. The number of hydrogen-bond donors (Lipinski definition) is 1. The first-order chi connectivity index (χ1) is 10.2. The molecule has 2 unspecified atom stereocenters. The average Bonchev–Trinajstić information content (AvgIpc) is 3.10. The number of carbonyl (C=O) groups is 1. The Hall–Kier alpha value is -1.46. The Kier molecular flexibility index (Phi) is 3.19. The average molecular weight is 289 g/mol. The van der Waals surface area contributed by atoms with Gasteiger partial charge in [0.1, 0.15) is 12.0 Å². The second-order valence-electron chi connectivity index (χ2n) is 6.30. The van der Waals surface area contributed by atoms with E-state index in [1.54, 1.807) is 12.1 Å². The van der Waals surface area contributed by atoms with Crippen LogP contribution in [-0.4, -0.2) is 47.4 Å². The summed E-state index contributed by atoms with van der Waals surface area (Å²) in [6.07, 6.45) is 3.55. The van der Waals surface area contributed by atoms with E-state index >= 15 is 0 Å². The Bertz CT molecular complexity index is 543. The zero-order valence-electron chi connectivity index (χ0n) is 12.0. The van der Waals surface area contributed by atoms with Crippen LogP contribution in [0.15, 0.2) is 24.3 Å². The quantitative estimate of drug-likeness (QED) is 0.916. The lowest BCUT2D eigenvalue weighted by molar-refractivity contribution is -0.130. The highest BCUT2D eigenvalue weighted by Gasteiger charge is 2.42. The maximum atomic E-state index is 13.1. The highest BCUT2D eigenvalue weighted by Crippen LogP contribution is 2.34. The van der Waals surface area contributed by atoms with Gasteiger partial charge in [0.25, 0.3) is 0 Å². The minimum Gasteiger partial charge on any atom is -0.317 e. The Morgan fingerprint density at radius 1 is 1.10 bits per heavy atom. The third kappa shape index (κ3) is 2.45. The van der Waals surface area contributed by atoms with Gasteiger partial charge < -0.3 is 4.90 Å². The van der Waals surface area contributed by atoms with Crippen molar-refractivity contribution >= 4 is 5.91 Å². The van der Waals surface area contributed by atoms with E-state index in [2.05, 4.69) is 10.2 Å². The third-order valence-corrected chi connectivity index (χ3v) is 4.85. The van der Waals surface area contributed by atoms with Gasteiger partial charge in [-0.25, -0.2) is 4.39 Å². The van der Waals surface area contributed by atoms with Crippen LogP contribution >= 0.6 is 0 Å². The predicted molar refractivity (Wildman–Crippen MR) is 77.0 cm³/mol. The van der Waals surface area contributed by atoms with Crippen LogP contribution in [0, 0.1) is 5.82 Å². The van der Waals surface area contributed by atoms with Gasteiger partial charge in [-0.15, -0.1) is 0 Å². The molecule has 21 heavy (non-hydrogen) atoms. The first-order valence-electron chi connectivity index (χ1n) is 7.76. The molecule has 4 rings (SSSR count). The number of nitrogens with one attached hydrogen (secondary N) is 1. The van der Waals surface area contributed by atoms with Gasteiger partial charge in [-0.1, -0.05) is 12.1 Å². The van der Waals surface area contributed by atoms with Crippen LogP contribution in [0.25, 0.3) is 0 Å². The van der Waals surface area contributed by atoms with E-state index in [1.165, 1.54) is 25.0 Å². The molecule has 1 aromatic carbocycles. The number of halogens is 1. The van der Waals surface area contributed by atoms with Crippen LogP contribution in [0.5, 0.6) is 0 Å². The van der Waals surface area contributed by atoms with E-state index in [-0.39, 0.29) is 23.9 Å². The van der Waals surface area contributed by atoms with Crippen LogP contribution in [0.4, 0.5) is 4.39 Å². The van der Waals surface area contributed by atoms with Crippen molar-refractivity contribution in [3.8, 4) is 0 Å². The first kappa shape index (κ1) is 13.2. The van der Waals surface area contributed by atoms with Crippen molar-refractivity contribution in [1.82, 2.24) is 15.1 Å². The molecule has 5 heteroatoms. The Morgan fingerprint density at radius 2 is 1.86 bits per heavy atom. The van der Waals surface area contributed by atoms with Crippen LogP contribution in [0.3, 0.4) is 0 Å². The molecule has 3 fully saturated rings. The summed E-state index contributed by atoms with van der Waals surface area (Å²) >= 11 is 0. The molecule has 1 N–H and O–H groups in total. The summed E-state index contributed by atoms with van der Waals surface area (Å²) in [7, 11) is 0. The van der Waals surface area contributed by atoms with Gasteiger partial charge in [0, 0.05) is 25.2 Å². The molecule has 1 aliphatic carbocycles. The third-order valence-electron chi connectivity index (χ3n) is 4.85. The lowest BCUT2D eigenvalue weighted by Crippen LogP contribution is -2.41. The number of likely N-dealkylation sites (tertiary alicyclic amines) is 1. The van der Waals surface area contributed by atoms with Crippen molar-refractivity contribution in [1.29, 1.82) is 0 Å². The molecular formula is C16H20FN3O. The largest absolute Gasteiger partial charge is 0.317 e. The maximum Gasteiger partial charge on any atom is 0.238 e. The highest BCUT2D eigenvalue weighted by atomic mass is 19.1. The summed E-state index contributed by atoms with van der Waals surface area (Å²) in [6.45, 7) is 2.45. The van der Waals surface area contributed by atoms with Crippen LogP contribution < -0.4 is 5.32 Å². The standard InChI is InChI=1S/C16H20FN3O/c17-12-3-1-11(2-4-12)16-18-9-15(21)20(16)14-7-8-19(10-14)13-5-6-13/h1-4,13-14,16,18H,5-10H2. The Labute approximate surface area is 123 Å². The van der Waals surface area contributed by atoms with Crippen LogP contribution in [-0.2, 0) is 4.79 Å². The second kappa shape index (κ2) is 5.07. The lowest BCUT2D eigenvalue weighted by Gasteiger charge is -2.30. The van der Waals surface area contributed by atoms with Crippen LogP contribution in [0.2, 0.25) is 0 Å². The predicted octanol–water partition coefficient (Wildman–Crippen LogP) is 1.49. The van der Waals surface area contributed by atoms with E-state index < -0.39 is 0 Å². The molecule has 2 atom stereocenters. The van der Waals surface area contributed by atoms with Gasteiger partial charge in [0.05, 0.1) is 6.54 Å². The summed E-state index contributed by atoms with van der Waals surface area (Å²) in [5, 5.41) is 3.26. The van der Waals surface area contributed by atoms with Gasteiger partial charge in [-0.3, -0.25) is 15.0 Å². The number of amides is 1. The number of nitrogens with zero attached hydrogens (tertiary/aromatic N) is 2. The second-order valence-corrected chi connectivity index (χ2v) is 6.30. The van der Waals surface area contributed by atoms with Crippen molar-refractivity contribution < 1.29 is 9.18 Å². The topological polar surface area (TPSA) is 35.6 Å². The van der Waals surface area contributed by atoms with Crippen molar-refractivity contribution in [2.45, 2.75) is 37.5 Å². The van der Waals surface area contributed by atoms with Crippen molar-refractivity contribution in [3.05, 3.63) is 35.6 Å². The van der Waals surface area contributed by atoms with Crippen molar-refractivity contribution in [2.75, 3.05) is 19.6 Å². The normalized spacial score (nSPS) is 30.3. The maximum absolute atomic E-state index is 13.1. The summed E-state index contributed by atoms with van der Waals surface area (Å²) in [4.78, 5) is 16.8. The molecule has 0 aromatic heterocycles. The molecule has 0 bridgehead atoms. The van der Waals surface area contributed by atoms with Gasteiger partial charge in [0.2, 0.25) is 5.91 Å². The molecule has 4 nitrogen and oxygen atoms in total. The monoisotopic (exact) mass is 289 g/mol. The fourth-order valence-electron chi connectivity index (χ4n) is 3.62. The minimum absolute atomic E-state index is 0.109. The highest BCUT2D eigenvalue weighted by molar-refractivity contribution is 5.81. The van der Waals surface area contributed by atoms with E-state index in [9.17, 15) is 9.18 Å². The Morgan fingerprint density at radius 3 is 2.57 bits per heavy atom. The summed E-state index contributed by atoms with van der Waals surface area (Å²) in [5.41, 5.74) is 0.965. The van der Waals surface area contributed by atoms with E-state index in [0.29, 0.717) is 6.54 Å². The number of hydrogen-bond acceptors (Lipinski definition) is 3. The number of carbonyl (C=O) groups excluding carboxylic acids is 1. The molecule has 1 aromatic rings. The molecule has 112 valence electrons. The van der Waals surface area contributed by atoms with E-state index in [0.717, 1.165) is 31.1 Å². The molecule has 2 saturated heterocycles. The van der Waals surface area contributed by atoms with E-state index in [1.807, 2.05) is 4.90 Å². The van der Waals surface area contributed by atoms with Crippen LogP contribution in [0.1, 0.15) is 31.0 Å². The van der Waals surface area contributed by atoms with Crippen molar-refractivity contribution in [3.63, 3.8) is 0 Å². The SMILES string of the molecule is O=C1CNC(c2ccc(F)cc2)N1C1CCN(C2CC2)C1. The molecule has 1 saturated carbocycles. The van der Waals surface area contributed by atoms with Gasteiger partial charge in [-0.2, -0.15) is 0 Å². The first-order valence-corrected chi connectivity index (χ1v) is 7.76. The Balaban J connectivity index is 1.53. The smallest absolute Gasteiger partial charge is 0.238 e. The lowest BCUT2D eigenvalue weighted by atomic mass is 10.1. The number of benzene rings is 1. The van der Waals surface area contributed by atoms with E-state index in [4.69, 9.17) is 0 Å². The summed E-state index contributed by atoms with van der Waals surface area (Å²) < 4.78 is 13.1. The van der Waals surface area contributed by atoms with Crippen molar-refractivity contribution in [2.24, 2.45) is 0 Å². The molecule has 2 aliphatic heterocycles. The number of rotatable bonds is 3. The van der Waals surface area contributed by atoms with Gasteiger partial charge >= 0.3 is 0 Å². The fourth-order valence-corrected chi connectivity index (χ4v) is 3.62. The molecule has 0 radical (unpaired) electrons. The van der Waals surface area contributed by atoms with Gasteiger partial charge in [-0.05, 0) is 37.0 Å².